The van der Waals surface area contributed by atoms with Gasteiger partial charge in [0.25, 0.3) is 0 Å². The monoisotopic (exact) mass is 508 g/mol. The SMILES string of the molecule is COc1ccc2c(c1)[nH]c1c(C)[n+](CCCCCC[n+]3ccc4c([nH]c5cc(OC)ccc54)c3C)ccc12. The van der Waals surface area contributed by atoms with Gasteiger partial charge in [0, 0.05) is 72.5 Å². The molecule has 2 aromatic carbocycles. The molecule has 0 saturated heterocycles. The lowest BCUT2D eigenvalue weighted by Gasteiger charge is -2.04. The lowest BCUT2D eigenvalue weighted by Crippen LogP contribution is -2.37. The van der Waals surface area contributed by atoms with Crippen molar-refractivity contribution in [1.29, 1.82) is 0 Å². The molecular formula is C32H36N4O2+2. The number of hydrogen-bond acceptors (Lipinski definition) is 2. The minimum Gasteiger partial charge on any atom is -0.497 e. The molecule has 6 rings (SSSR count). The zero-order chi connectivity index (χ0) is 26.2. The van der Waals surface area contributed by atoms with Gasteiger partial charge in [-0.15, -0.1) is 0 Å². The Hall–Kier alpha value is -4.06. The maximum atomic E-state index is 5.40. The average molecular weight is 509 g/mol. The summed E-state index contributed by atoms with van der Waals surface area (Å²) in [6.45, 7) is 6.50. The largest absolute Gasteiger partial charge is 0.497 e. The van der Waals surface area contributed by atoms with Crippen LogP contribution in [-0.4, -0.2) is 24.2 Å². The van der Waals surface area contributed by atoms with Crippen molar-refractivity contribution in [3.05, 3.63) is 72.3 Å². The standard InChI is InChI=1S/C32H34N4O2/c1-21-31-27(25-11-9-23(37-3)19-29(25)33-31)13-17-35(21)15-7-5-6-8-16-36-18-14-28-26-12-10-24(38-4)20-30(26)34-32(28)22(36)2/h9-14,17-20H,5-8,15-16H2,1-4H3/p+2. The Kier molecular flexibility index (Phi) is 6.40. The highest BCUT2D eigenvalue weighted by atomic mass is 16.5. The second kappa shape index (κ2) is 10.0. The summed E-state index contributed by atoms with van der Waals surface area (Å²) in [6, 6.07) is 17.0. The fraction of sp³-hybridized carbons (Fsp3) is 0.312. The van der Waals surface area contributed by atoms with Crippen molar-refractivity contribution in [2.75, 3.05) is 14.2 Å². The van der Waals surface area contributed by atoms with Crippen LogP contribution in [0.2, 0.25) is 0 Å². The molecule has 0 amide bonds. The van der Waals surface area contributed by atoms with Crippen molar-refractivity contribution >= 4 is 43.6 Å². The van der Waals surface area contributed by atoms with E-state index in [2.05, 4.69) is 81.7 Å². The van der Waals surface area contributed by atoms with Gasteiger partial charge >= 0.3 is 0 Å². The van der Waals surface area contributed by atoms with Gasteiger partial charge in [-0.05, 0) is 37.1 Å². The number of ether oxygens (including phenoxy) is 2. The van der Waals surface area contributed by atoms with E-state index in [0.717, 1.165) is 35.6 Å². The summed E-state index contributed by atoms with van der Waals surface area (Å²) < 4.78 is 15.6. The van der Waals surface area contributed by atoms with E-state index in [4.69, 9.17) is 9.47 Å². The molecule has 38 heavy (non-hydrogen) atoms. The van der Waals surface area contributed by atoms with Gasteiger partial charge in [-0.1, -0.05) is 0 Å². The van der Waals surface area contributed by atoms with Gasteiger partial charge in [-0.25, -0.2) is 9.13 Å². The number of aromatic nitrogens is 4. The first kappa shape index (κ1) is 24.3. The van der Waals surface area contributed by atoms with Crippen LogP contribution in [0.25, 0.3) is 43.6 Å². The van der Waals surface area contributed by atoms with Crippen molar-refractivity contribution in [2.45, 2.75) is 52.6 Å². The molecule has 0 radical (unpaired) electrons. The predicted octanol–water partition coefficient (Wildman–Crippen LogP) is 6.43. The van der Waals surface area contributed by atoms with Gasteiger partial charge in [-0.3, -0.25) is 0 Å². The molecule has 0 aliphatic heterocycles. The predicted molar refractivity (Wildman–Crippen MR) is 153 cm³/mol. The van der Waals surface area contributed by atoms with E-state index < -0.39 is 0 Å². The van der Waals surface area contributed by atoms with Crippen LogP contribution in [0, 0.1) is 13.8 Å². The van der Waals surface area contributed by atoms with Crippen LogP contribution in [0.4, 0.5) is 0 Å². The van der Waals surface area contributed by atoms with Gasteiger partial charge in [-0.2, -0.15) is 0 Å². The minimum absolute atomic E-state index is 0.879. The van der Waals surface area contributed by atoms with Crippen LogP contribution < -0.4 is 18.6 Å². The second-order valence-corrected chi connectivity index (χ2v) is 10.3. The van der Waals surface area contributed by atoms with Crippen molar-refractivity contribution < 1.29 is 18.6 Å². The Morgan fingerprint density at radius 3 is 1.45 bits per heavy atom. The Labute approximate surface area is 222 Å². The molecule has 4 aromatic heterocycles. The molecule has 6 heteroatoms. The zero-order valence-corrected chi connectivity index (χ0v) is 22.7. The summed E-state index contributed by atoms with van der Waals surface area (Å²) in [7, 11) is 3.42. The Morgan fingerprint density at radius 1 is 0.579 bits per heavy atom. The minimum atomic E-state index is 0.879. The fourth-order valence-corrected chi connectivity index (χ4v) is 5.81. The number of nitrogens with zero attached hydrogens (tertiary/aromatic N) is 2. The van der Waals surface area contributed by atoms with Crippen LogP contribution in [0.15, 0.2) is 60.9 Å². The summed E-state index contributed by atoms with van der Waals surface area (Å²) >= 11 is 0. The summed E-state index contributed by atoms with van der Waals surface area (Å²) in [5, 5.41) is 5.04. The van der Waals surface area contributed by atoms with Gasteiger partial charge in [0.1, 0.15) is 35.6 Å². The number of fused-ring (bicyclic) bond motifs is 6. The van der Waals surface area contributed by atoms with Gasteiger partial charge in [0.2, 0.25) is 11.4 Å². The quantitative estimate of drug-likeness (QED) is 0.175. The van der Waals surface area contributed by atoms with E-state index in [9.17, 15) is 0 Å². The summed E-state index contributed by atoms with van der Waals surface area (Å²) in [5.74, 6) is 1.76. The highest BCUT2D eigenvalue weighted by Crippen LogP contribution is 2.30. The normalized spacial score (nSPS) is 11.8. The molecule has 0 spiro atoms. The second-order valence-electron chi connectivity index (χ2n) is 10.3. The van der Waals surface area contributed by atoms with Gasteiger partial charge < -0.3 is 19.4 Å². The molecular weight excluding hydrogens is 472 g/mol. The molecule has 194 valence electrons. The van der Waals surface area contributed by atoms with Crippen LogP contribution in [0.1, 0.15) is 37.1 Å². The van der Waals surface area contributed by atoms with E-state index in [-0.39, 0.29) is 0 Å². The summed E-state index contributed by atoms with van der Waals surface area (Å²) in [5.41, 5.74) is 7.25. The maximum absolute atomic E-state index is 5.40. The average Bonchev–Trinajstić information content (AvgIpc) is 3.51. The first-order valence-electron chi connectivity index (χ1n) is 13.5. The highest BCUT2D eigenvalue weighted by Gasteiger charge is 2.17. The Balaban J connectivity index is 1.07. The number of aromatic amines is 2. The van der Waals surface area contributed by atoms with Crippen LogP contribution in [-0.2, 0) is 13.1 Å². The Bertz CT molecular complexity index is 1650. The summed E-state index contributed by atoms with van der Waals surface area (Å²) in [6.07, 6.45) is 9.28. The zero-order valence-electron chi connectivity index (χ0n) is 22.7. The molecule has 0 bridgehead atoms. The van der Waals surface area contributed by atoms with E-state index in [1.165, 1.54) is 69.6 Å². The molecule has 2 N–H and O–H groups in total. The molecule has 0 unspecified atom stereocenters. The smallest absolute Gasteiger partial charge is 0.202 e. The third-order valence-electron chi connectivity index (χ3n) is 8.07. The first-order chi connectivity index (χ1) is 18.6. The van der Waals surface area contributed by atoms with E-state index >= 15 is 0 Å². The molecule has 0 aliphatic carbocycles. The first-order valence-corrected chi connectivity index (χ1v) is 13.5. The number of methoxy groups -OCH3 is 2. The van der Waals surface area contributed by atoms with E-state index in [1.807, 2.05) is 12.1 Å². The van der Waals surface area contributed by atoms with Crippen LogP contribution in [0.3, 0.4) is 0 Å². The number of unbranched alkanes of at least 4 members (excludes halogenated alkanes) is 3. The molecule has 6 nitrogen and oxygen atoms in total. The van der Waals surface area contributed by atoms with E-state index in [1.54, 1.807) is 14.2 Å². The molecule has 6 aromatic rings. The lowest BCUT2D eigenvalue weighted by molar-refractivity contribution is -0.703. The maximum Gasteiger partial charge on any atom is 0.202 e. The third kappa shape index (κ3) is 4.24. The van der Waals surface area contributed by atoms with Crippen molar-refractivity contribution in [2.24, 2.45) is 0 Å². The van der Waals surface area contributed by atoms with Crippen LogP contribution in [0.5, 0.6) is 11.5 Å². The number of H-pyrrole nitrogens is 2. The number of benzene rings is 2. The molecule has 0 atom stereocenters. The van der Waals surface area contributed by atoms with Crippen molar-refractivity contribution in [1.82, 2.24) is 9.97 Å². The Morgan fingerprint density at radius 2 is 1.03 bits per heavy atom. The van der Waals surface area contributed by atoms with Gasteiger partial charge in [0.05, 0.1) is 25.3 Å². The number of rotatable bonds is 9. The number of nitrogens with one attached hydrogen (secondary N) is 2. The van der Waals surface area contributed by atoms with Gasteiger partial charge in [0.15, 0.2) is 12.4 Å². The van der Waals surface area contributed by atoms with Crippen LogP contribution >= 0.6 is 0 Å². The fourth-order valence-electron chi connectivity index (χ4n) is 5.81. The van der Waals surface area contributed by atoms with E-state index in [0.29, 0.717) is 0 Å². The number of pyridine rings is 2. The molecule has 4 heterocycles. The molecule has 0 saturated carbocycles. The van der Waals surface area contributed by atoms with Crippen molar-refractivity contribution in [3.8, 4) is 11.5 Å². The molecule has 0 fully saturated rings. The summed E-state index contributed by atoms with van der Waals surface area (Å²) in [4.78, 5) is 7.22. The highest BCUT2D eigenvalue weighted by molar-refractivity contribution is 6.08. The lowest BCUT2D eigenvalue weighted by atomic mass is 10.1. The molecule has 0 aliphatic rings. The number of hydrogen-bond donors (Lipinski definition) is 2. The van der Waals surface area contributed by atoms with Crippen molar-refractivity contribution in [3.63, 3.8) is 0 Å². The number of aryl methyl sites for hydroxylation is 4. The third-order valence-corrected chi connectivity index (χ3v) is 8.07. The topological polar surface area (TPSA) is 57.8 Å².